The minimum absolute atomic E-state index is 0.102. The summed E-state index contributed by atoms with van der Waals surface area (Å²) in [6.07, 6.45) is 44.6. The molecule has 0 fully saturated rings. The molecular formula is C70H136O17P2. The van der Waals surface area contributed by atoms with Crippen LogP contribution in [0.3, 0.4) is 0 Å². The van der Waals surface area contributed by atoms with E-state index in [1.807, 2.05) is 0 Å². The number of ether oxygens (including phenoxy) is 4. The molecule has 3 N–H and O–H groups in total. The second-order valence-corrected chi connectivity index (χ2v) is 29.4. The van der Waals surface area contributed by atoms with E-state index in [0.717, 1.165) is 108 Å². The minimum atomic E-state index is -4.95. The van der Waals surface area contributed by atoms with E-state index in [1.54, 1.807) is 0 Å². The van der Waals surface area contributed by atoms with E-state index >= 15 is 0 Å². The summed E-state index contributed by atoms with van der Waals surface area (Å²) in [6, 6.07) is 0. The molecular weight excluding hydrogens is 1170 g/mol. The van der Waals surface area contributed by atoms with Gasteiger partial charge in [0.25, 0.3) is 0 Å². The van der Waals surface area contributed by atoms with Gasteiger partial charge in [0.15, 0.2) is 12.2 Å². The Labute approximate surface area is 543 Å². The second kappa shape index (κ2) is 61.0. The lowest BCUT2D eigenvalue weighted by Gasteiger charge is -2.21. The van der Waals surface area contributed by atoms with Gasteiger partial charge in [-0.1, -0.05) is 299 Å². The van der Waals surface area contributed by atoms with E-state index in [1.165, 1.54) is 154 Å². The first-order valence-corrected chi connectivity index (χ1v) is 39.4. The van der Waals surface area contributed by atoms with E-state index in [2.05, 4.69) is 48.5 Å². The molecule has 0 aliphatic heterocycles. The maximum Gasteiger partial charge on any atom is 0.472 e. The van der Waals surface area contributed by atoms with Crippen LogP contribution in [-0.2, 0) is 65.4 Å². The maximum absolute atomic E-state index is 13.0. The van der Waals surface area contributed by atoms with Crippen molar-refractivity contribution in [2.75, 3.05) is 39.6 Å². The molecule has 0 bridgehead atoms. The average molecular weight is 1310 g/mol. The van der Waals surface area contributed by atoms with Crippen molar-refractivity contribution in [1.82, 2.24) is 0 Å². The molecule has 89 heavy (non-hydrogen) atoms. The molecule has 0 saturated heterocycles. The van der Waals surface area contributed by atoms with Crippen LogP contribution in [0.15, 0.2) is 0 Å². The summed E-state index contributed by atoms with van der Waals surface area (Å²) >= 11 is 0. The van der Waals surface area contributed by atoms with Gasteiger partial charge in [0.05, 0.1) is 26.4 Å². The van der Waals surface area contributed by atoms with Crippen molar-refractivity contribution in [3.8, 4) is 0 Å². The van der Waals surface area contributed by atoms with Crippen molar-refractivity contribution >= 4 is 39.5 Å². The van der Waals surface area contributed by atoms with Gasteiger partial charge in [-0.3, -0.25) is 37.3 Å². The Morgan fingerprint density at radius 2 is 0.573 bits per heavy atom. The first kappa shape index (κ1) is 87.1. The van der Waals surface area contributed by atoms with Crippen molar-refractivity contribution in [3.63, 3.8) is 0 Å². The molecule has 6 atom stereocenters. The lowest BCUT2D eigenvalue weighted by Crippen LogP contribution is -2.30. The van der Waals surface area contributed by atoms with E-state index in [-0.39, 0.29) is 25.7 Å². The summed E-state index contributed by atoms with van der Waals surface area (Å²) in [7, 11) is -9.90. The summed E-state index contributed by atoms with van der Waals surface area (Å²) in [5.41, 5.74) is 0. The van der Waals surface area contributed by atoms with Gasteiger partial charge in [-0.2, -0.15) is 0 Å². The number of phosphoric acid groups is 2. The lowest BCUT2D eigenvalue weighted by atomic mass is 10.00. The Hall–Kier alpha value is -1.94. The number of aliphatic hydroxyl groups is 1. The summed E-state index contributed by atoms with van der Waals surface area (Å²) < 4.78 is 68.2. The maximum atomic E-state index is 13.0. The minimum Gasteiger partial charge on any atom is -0.462 e. The topological polar surface area (TPSA) is 237 Å². The fourth-order valence-corrected chi connectivity index (χ4v) is 12.1. The molecule has 0 amide bonds. The van der Waals surface area contributed by atoms with Crippen LogP contribution < -0.4 is 0 Å². The smallest absolute Gasteiger partial charge is 0.462 e. The van der Waals surface area contributed by atoms with Crippen molar-refractivity contribution < 1.29 is 80.2 Å². The monoisotopic (exact) mass is 1310 g/mol. The van der Waals surface area contributed by atoms with Gasteiger partial charge in [-0.05, 0) is 43.4 Å². The number of unbranched alkanes of at least 4 members (excludes halogenated alkanes) is 35. The van der Waals surface area contributed by atoms with Gasteiger partial charge in [-0.15, -0.1) is 0 Å². The quantitative estimate of drug-likeness (QED) is 0.0222. The highest BCUT2D eigenvalue weighted by molar-refractivity contribution is 7.47. The van der Waals surface area contributed by atoms with Crippen molar-refractivity contribution in [3.05, 3.63) is 0 Å². The van der Waals surface area contributed by atoms with E-state index < -0.39 is 97.5 Å². The van der Waals surface area contributed by atoms with Gasteiger partial charge in [0.1, 0.15) is 19.3 Å². The normalized spacial score (nSPS) is 14.5. The fourth-order valence-electron chi connectivity index (χ4n) is 10.5. The Bertz CT molecular complexity index is 1750. The van der Waals surface area contributed by atoms with Gasteiger partial charge in [0, 0.05) is 25.7 Å². The number of carbonyl (C=O) groups is 4. The van der Waals surface area contributed by atoms with E-state index in [0.29, 0.717) is 31.6 Å². The van der Waals surface area contributed by atoms with Crippen LogP contribution in [0.25, 0.3) is 0 Å². The molecule has 0 radical (unpaired) electrons. The number of phosphoric ester groups is 2. The third-order valence-corrected chi connectivity index (χ3v) is 18.4. The van der Waals surface area contributed by atoms with Crippen molar-refractivity contribution in [1.29, 1.82) is 0 Å². The second-order valence-electron chi connectivity index (χ2n) is 26.5. The molecule has 0 heterocycles. The highest BCUT2D eigenvalue weighted by Gasteiger charge is 2.30. The van der Waals surface area contributed by atoms with E-state index in [4.69, 9.17) is 37.0 Å². The van der Waals surface area contributed by atoms with Crippen molar-refractivity contribution in [2.45, 2.75) is 369 Å². The number of aliphatic hydroxyl groups excluding tert-OH is 1. The van der Waals surface area contributed by atoms with Gasteiger partial charge < -0.3 is 33.8 Å². The predicted octanol–water partition coefficient (Wildman–Crippen LogP) is 19.8. The average Bonchev–Trinajstić information content (AvgIpc) is 3.68. The van der Waals surface area contributed by atoms with Crippen molar-refractivity contribution in [2.24, 2.45) is 17.8 Å². The van der Waals surface area contributed by atoms with Gasteiger partial charge >= 0.3 is 39.5 Å². The number of rotatable bonds is 68. The Balaban J connectivity index is 5.23. The lowest BCUT2D eigenvalue weighted by molar-refractivity contribution is -0.161. The first-order valence-electron chi connectivity index (χ1n) is 36.4. The van der Waals surface area contributed by atoms with Crippen LogP contribution in [0.1, 0.15) is 350 Å². The molecule has 17 nitrogen and oxygen atoms in total. The number of hydrogen-bond donors (Lipinski definition) is 3. The molecule has 528 valence electrons. The molecule has 0 aromatic rings. The molecule has 0 saturated carbocycles. The highest BCUT2D eigenvalue weighted by Crippen LogP contribution is 2.45. The summed E-state index contributed by atoms with van der Waals surface area (Å²) in [6.45, 7) is 11.7. The van der Waals surface area contributed by atoms with Crippen LogP contribution in [0.4, 0.5) is 0 Å². The molecule has 19 heteroatoms. The number of hydrogen-bond acceptors (Lipinski definition) is 15. The van der Waals surface area contributed by atoms with Gasteiger partial charge in [-0.25, -0.2) is 9.13 Å². The zero-order valence-corrected chi connectivity index (χ0v) is 59.7. The standard InChI is InChI=1S/C70H136O17P2/c1-8-10-11-12-13-14-15-18-22-25-28-37-44-51-67(72)80-57-65(86-69(74)53-46-39-29-26-23-20-17-16-19-21-24-27-34-41-48-61(3)4)59-84-88(76,77)82-55-64(71)56-83-89(78,79)85-60-66(58-81-68(73)52-45-38-32-30-35-42-49-62(5)6)87-70(75)54-47-40-33-31-36-43-50-63(7)9-2/h61-66,71H,8-60H2,1-7H3,(H,76,77)(H,78,79)/t63?,64-,65-,66-/m1/s1. The predicted molar refractivity (Wildman–Crippen MR) is 358 cm³/mol. The summed E-state index contributed by atoms with van der Waals surface area (Å²) in [4.78, 5) is 72.5. The van der Waals surface area contributed by atoms with Crippen LogP contribution in [0.2, 0.25) is 0 Å². The molecule has 0 spiro atoms. The third kappa shape index (κ3) is 63.2. The molecule has 0 aliphatic carbocycles. The zero-order valence-electron chi connectivity index (χ0n) is 57.9. The molecule has 0 aromatic heterocycles. The molecule has 3 unspecified atom stereocenters. The Morgan fingerprint density at radius 3 is 0.854 bits per heavy atom. The zero-order chi connectivity index (χ0) is 65.9. The van der Waals surface area contributed by atoms with Gasteiger partial charge in [0.2, 0.25) is 0 Å². The molecule has 0 aliphatic rings. The van der Waals surface area contributed by atoms with Crippen LogP contribution in [0, 0.1) is 17.8 Å². The molecule has 0 rings (SSSR count). The highest BCUT2D eigenvalue weighted by atomic mass is 31.2. The largest absolute Gasteiger partial charge is 0.472 e. The SMILES string of the molecule is CCCCCCCCCCCCCCCC(=O)OC[C@H](COP(=O)(O)OC[C@@H](O)COP(=O)(O)OC[C@@H](COC(=O)CCCCCCCCC(C)C)OC(=O)CCCCCCCCC(C)CC)OC(=O)CCCCCCCCCCCCCCCCC(C)C. The third-order valence-electron chi connectivity index (χ3n) is 16.5. The fraction of sp³-hybridized carbons (Fsp3) is 0.943. The Kier molecular flexibility index (Phi) is 59.6. The van der Waals surface area contributed by atoms with Crippen LogP contribution in [-0.4, -0.2) is 96.7 Å². The van der Waals surface area contributed by atoms with E-state index in [9.17, 15) is 43.2 Å². The summed E-state index contributed by atoms with van der Waals surface area (Å²) in [5.74, 6) is 0.0646. The Morgan fingerprint density at radius 1 is 0.326 bits per heavy atom. The summed E-state index contributed by atoms with van der Waals surface area (Å²) in [5, 5.41) is 10.6. The number of carbonyl (C=O) groups excluding carboxylic acids is 4. The first-order chi connectivity index (χ1) is 42.8. The van der Waals surface area contributed by atoms with Crippen LogP contribution in [0.5, 0.6) is 0 Å². The molecule has 0 aromatic carbocycles. The number of esters is 4. The van der Waals surface area contributed by atoms with Crippen LogP contribution >= 0.6 is 15.6 Å².